The molecule has 0 aromatic heterocycles. The molecule has 0 spiro atoms. The van der Waals surface area contributed by atoms with Crippen molar-refractivity contribution in [2.45, 2.75) is 20.8 Å². The molecule has 0 aliphatic rings. The van der Waals surface area contributed by atoms with E-state index < -0.39 is 0 Å². The largest absolute Gasteiger partial charge is 0.353 e. The summed E-state index contributed by atoms with van der Waals surface area (Å²) in [7, 11) is 0. The molecule has 0 fully saturated rings. The van der Waals surface area contributed by atoms with Gasteiger partial charge in [0.15, 0.2) is 0 Å². The molecule has 0 aliphatic heterocycles. The molecule has 0 bridgehead atoms. The molecule has 0 unspecified atom stereocenters. The third-order valence-electron chi connectivity index (χ3n) is 2.15. The molecular formula is C10H13NS. The second-order valence-electron chi connectivity index (χ2n) is 3.00. The van der Waals surface area contributed by atoms with Gasteiger partial charge in [-0.1, -0.05) is 12.2 Å². The van der Waals surface area contributed by atoms with Gasteiger partial charge in [0.2, 0.25) is 0 Å². The number of hydrogen-bond acceptors (Lipinski definition) is 1. The molecule has 64 valence electrons. The third kappa shape index (κ3) is 1.83. The Bertz CT molecular complexity index is 282. The summed E-state index contributed by atoms with van der Waals surface area (Å²) in [5.74, 6) is 0. The lowest BCUT2D eigenvalue weighted by Gasteiger charge is -2.07. The molecule has 0 saturated heterocycles. The van der Waals surface area contributed by atoms with Crippen LogP contribution in [0.3, 0.4) is 0 Å². The number of rotatable bonds is 2. The van der Waals surface area contributed by atoms with E-state index in [9.17, 15) is 0 Å². The summed E-state index contributed by atoms with van der Waals surface area (Å²) < 4.78 is 0. The zero-order valence-electron chi connectivity index (χ0n) is 7.64. The van der Waals surface area contributed by atoms with Gasteiger partial charge >= 0.3 is 0 Å². The van der Waals surface area contributed by atoms with E-state index in [4.69, 9.17) is 12.2 Å². The lowest BCUT2D eigenvalue weighted by atomic mass is 10.0. The summed E-state index contributed by atoms with van der Waals surface area (Å²) >= 11 is 4.72. The Hall–Kier alpha value is -0.890. The zero-order chi connectivity index (χ0) is 9.14. The highest BCUT2D eigenvalue weighted by Crippen LogP contribution is 2.18. The number of hydrogen-bond donors (Lipinski definition) is 1. The molecule has 1 nitrogen and oxygen atoms in total. The Balaban J connectivity index is 3.11. The zero-order valence-corrected chi connectivity index (χ0v) is 8.46. The second-order valence-corrected chi connectivity index (χ2v) is 3.23. The van der Waals surface area contributed by atoms with Crippen molar-refractivity contribution in [3.63, 3.8) is 0 Å². The Kier molecular flexibility index (Phi) is 2.82. The highest BCUT2D eigenvalue weighted by molar-refractivity contribution is 7.79. The topological polar surface area (TPSA) is 12.0 Å². The van der Waals surface area contributed by atoms with E-state index in [0.29, 0.717) is 0 Å². The number of aryl methyl sites for hydroxylation is 2. The Labute approximate surface area is 78.8 Å². The molecular weight excluding hydrogens is 166 g/mol. The predicted octanol–water partition coefficient (Wildman–Crippen LogP) is 2.98. The highest BCUT2D eigenvalue weighted by Gasteiger charge is 1.98. The van der Waals surface area contributed by atoms with Crippen LogP contribution in [-0.4, -0.2) is 5.49 Å². The smallest absolute Gasteiger partial charge is 0.0658 e. The quantitative estimate of drug-likeness (QED) is 0.700. The van der Waals surface area contributed by atoms with Gasteiger partial charge in [0.1, 0.15) is 0 Å². The normalized spacial score (nSPS) is 9.58. The standard InChI is InChI=1S/C10H13NS/c1-7-4-10(11-6-12)5-8(2)9(7)3/h4-6H,1-3H3,(H,11,12). The highest BCUT2D eigenvalue weighted by atomic mass is 32.1. The van der Waals surface area contributed by atoms with Gasteiger partial charge in [-0.05, 0) is 49.6 Å². The fraction of sp³-hybridized carbons (Fsp3) is 0.300. The van der Waals surface area contributed by atoms with E-state index in [2.05, 4.69) is 38.2 Å². The minimum absolute atomic E-state index is 1.07. The Morgan fingerprint density at radius 1 is 1.17 bits per heavy atom. The molecule has 0 radical (unpaired) electrons. The summed E-state index contributed by atoms with van der Waals surface area (Å²) in [6.45, 7) is 6.35. The van der Waals surface area contributed by atoms with Crippen LogP contribution in [0.15, 0.2) is 12.1 Å². The first kappa shape index (κ1) is 9.20. The van der Waals surface area contributed by atoms with Crippen LogP contribution in [-0.2, 0) is 0 Å². The van der Waals surface area contributed by atoms with Crippen LogP contribution in [0.5, 0.6) is 0 Å². The fourth-order valence-corrected chi connectivity index (χ4v) is 1.32. The van der Waals surface area contributed by atoms with Crippen LogP contribution in [0.25, 0.3) is 0 Å². The van der Waals surface area contributed by atoms with Crippen LogP contribution < -0.4 is 5.32 Å². The van der Waals surface area contributed by atoms with Gasteiger partial charge in [0.05, 0.1) is 5.49 Å². The van der Waals surface area contributed by atoms with Gasteiger partial charge in [-0.2, -0.15) is 0 Å². The number of anilines is 1. The van der Waals surface area contributed by atoms with Gasteiger partial charge < -0.3 is 5.32 Å². The molecule has 0 atom stereocenters. The molecule has 2 heteroatoms. The molecule has 1 aromatic carbocycles. The Morgan fingerprint density at radius 2 is 1.67 bits per heavy atom. The Morgan fingerprint density at radius 3 is 2.08 bits per heavy atom. The second kappa shape index (κ2) is 3.68. The summed E-state index contributed by atoms with van der Waals surface area (Å²) in [4.78, 5) is 0. The first-order valence-corrected chi connectivity index (χ1v) is 4.40. The van der Waals surface area contributed by atoms with Crippen molar-refractivity contribution in [2.75, 3.05) is 5.32 Å². The molecule has 0 aliphatic carbocycles. The van der Waals surface area contributed by atoms with Crippen molar-refractivity contribution < 1.29 is 0 Å². The van der Waals surface area contributed by atoms with Gasteiger partial charge in [-0.3, -0.25) is 0 Å². The van der Waals surface area contributed by atoms with Gasteiger partial charge in [0.25, 0.3) is 0 Å². The van der Waals surface area contributed by atoms with Crippen LogP contribution >= 0.6 is 12.2 Å². The van der Waals surface area contributed by atoms with Gasteiger partial charge in [0, 0.05) is 5.69 Å². The average Bonchev–Trinajstić information content (AvgIpc) is 2.01. The lowest BCUT2D eigenvalue weighted by Crippen LogP contribution is -1.95. The lowest BCUT2D eigenvalue weighted by molar-refractivity contribution is 1.27. The number of benzene rings is 1. The van der Waals surface area contributed by atoms with E-state index in [0.717, 1.165) is 5.69 Å². The van der Waals surface area contributed by atoms with Crippen molar-refractivity contribution in [2.24, 2.45) is 0 Å². The molecule has 12 heavy (non-hydrogen) atoms. The van der Waals surface area contributed by atoms with Gasteiger partial charge in [-0.15, -0.1) is 0 Å². The predicted molar refractivity (Wildman–Crippen MR) is 57.9 cm³/mol. The molecule has 1 N–H and O–H groups in total. The van der Waals surface area contributed by atoms with Crippen molar-refractivity contribution in [1.29, 1.82) is 0 Å². The minimum atomic E-state index is 1.07. The van der Waals surface area contributed by atoms with Crippen molar-refractivity contribution in [3.05, 3.63) is 28.8 Å². The molecule has 0 amide bonds. The first-order valence-electron chi connectivity index (χ1n) is 3.93. The summed E-state index contributed by atoms with van der Waals surface area (Å²) in [6, 6.07) is 4.20. The molecule has 1 aromatic rings. The maximum Gasteiger partial charge on any atom is 0.0658 e. The average molecular weight is 179 g/mol. The van der Waals surface area contributed by atoms with E-state index >= 15 is 0 Å². The maximum atomic E-state index is 4.72. The maximum absolute atomic E-state index is 4.72. The van der Waals surface area contributed by atoms with E-state index in [1.54, 1.807) is 0 Å². The number of nitrogens with one attached hydrogen (secondary N) is 1. The summed E-state index contributed by atoms with van der Waals surface area (Å²) in [5, 5.41) is 3.01. The fourth-order valence-electron chi connectivity index (χ4n) is 1.19. The van der Waals surface area contributed by atoms with E-state index in [1.165, 1.54) is 22.2 Å². The van der Waals surface area contributed by atoms with E-state index in [1.807, 2.05) is 0 Å². The van der Waals surface area contributed by atoms with Crippen molar-refractivity contribution in [3.8, 4) is 0 Å². The van der Waals surface area contributed by atoms with Gasteiger partial charge in [-0.25, -0.2) is 0 Å². The van der Waals surface area contributed by atoms with E-state index in [-0.39, 0.29) is 0 Å². The van der Waals surface area contributed by atoms with Crippen molar-refractivity contribution >= 4 is 23.4 Å². The van der Waals surface area contributed by atoms with Crippen LogP contribution in [0.4, 0.5) is 5.69 Å². The van der Waals surface area contributed by atoms with Crippen LogP contribution in [0, 0.1) is 20.8 Å². The summed E-state index contributed by atoms with van der Waals surface area (Å²) in [5.41, 5.74) is 6.56. The molecule has 0 saturated carbocycles. The third-order valence-corrected chi connectivity index (χ3v) is 2.27. The van der Waals surface area contributed by atoms with Crippen molar-refractivity contribution in [1.82, 2.24) is 0 Å². The molecule has 0 heterocycles. The van der Waals surface area contributed by atoms with Crippen LogP contribution in [0.1, 0.15) is 16.7 Å². The van der Waals surface area contributed by atoms with Crippen LogP contribution in [0.2, 0.25) is 0 Å². The molecule has 1 rings (SSSR count). The first-order chi connectivity index (χ1) is 5.65. The SMILES string of the molecule is Cc1cc(NC=S)cc(C)c1C. The minimum Gasteiger partial charge on any atom is -0.353 e. The number of thiocarbonyl (C=S) groups is 1. The monoisotopic (exact) mass is 179 g/mol. The summed E-state index contributed by atoms with van der Waals surface area (Å²) in [6.07, 6.45) is 0.